The Balaban J connectivity index is 0.000000174. The van der Waals surface area contributed by atoms with Crippen LogP contribution in [-0.2, 0) is 9.47 Å². The van der Waals surface area contributed by atoms with Crippen LogP contribution in [0.15, 0.2) is 60.7 Å². The van der Waals surface area contributed by atoms with E-state index in [2.05, 4.69) is 106 Å². The Labute approximate surface area is 413 Å². The van der Waals surface area contributed by atoms with Crippen LogP contribution in [0.5, 0.6) is 0 Å². The molecule has 4 atom stereocenters. The Morgan fingerprint density at radius 1 is 0.529 bits per heavy atom. The van der Waals surface area contributed by atoms with Gasteiger partial charge in [-0.3, -0.25) is 0 Å². The Morgan fingerprint density at radius 2 is 0.914 bits per heavy atom. The van der Waals surface area contributed by atoms with Gasteiger partial charge in [0.05, 0.1) is 38.6 Å². The first-order valence-electron chi connectivity index (χ1n) is 25.9. The fourth-order valence-electron chi connectivity index (χ4n) is 10.6. The number of aliphatic hydroxyl groups is 2. The summed E-state index contributed by atoms with van der Waals surface area (Å²) in [4.78, 5) is 48.4. The summed E-state index contributed by atoms with van der Waals surface area (Å²) < 4.78 is 11.1. The number of urea groups is 2. The van der Waals surface area contributed by atoms with Gasteiger partial charge in [-0.15, -0.1) is 0 Å². The van der Waals surface area contributed by atoms with Crippen LogP contribution in [0.1, 0.15) is 63.5 Å². The predicted octanol–water partition coefficient (Wildman–Crippen LogP) is 7.46. The van der Waals surface area contributed by atoms with Gasteiger partial charge in [0.2, 0.25) is 0 Å². The number of hydrogen-bond acceptors (Lipinski definition) is 12. The quantitative estimate of drug-likeness (QED) is 0.124. The van der Waals surface area contributed by atoms with E-state index >= 15 is 0 Å². The molecule has 4 amide bonds. The summed E-state index contributed by atoms with van der Waals surface area (Å²) in [5.41, 5.74) is 8.18. The van der Waals surface area contributed by atoms with Crippen molar-refractivity contribution in [3.05, 3.63) is 71.8 Å². The van der Waals surface area contributed by atoms with Crippen LogP contribution in [0.2, 0.25) is 0 Å². The van der Waals surface area contributed by atoms with Gasteiger partial charge in [-0.1, -0.05) is 38.8 Å². The first-order chi connectivity index (χ1) is 34.0. The van der Waals surface area contributed by atoms with E-state index in [1.54, 1.807) is 0 Å². The van der Waals surface area contributed by atoms with E-state index in [0.717, 1.165) is 172 Å². The molecular weight excluding hydrogens is 885 g/mol. The topological polar surface area (TPSA) is 162 Å². The van der Waals surface area contributed by atoms with Gasteiger partial charge in [-0.2, -0.15) is 0 Å². The maximum absolute atomic E-state index is 12.9. The lowest BCUT2D eigenvalue weighted by Gasteiger charge is -2.29. The Kier molecular flexibility index (Phi) is 15.9. The number of morpholine rings is 2. The fraction of sp³-hybridized carbons (Fsp3) is 0.556. The normalized spacial score (nSPS) is 22.7. The number of nitrogens with zero attached hydrogens (tertiary/aromatic N) is 8. The molecule has 16 nitrogen and oxygen atoms in total. The molecule has 4 N–H and O–H groups in total. The number of benzene rings is 2. The van der Waals surface area contributed by atoms with Crippen LogP contribution in [-0.4, -0.2) is 159 Å². The molecule has 10 rings (SSSR count). The first kappa shape index (κ1) is 49.3. The largest absolute Gasteiger partial charge is 0.391 e. The van der Waals surface area contributed by atoms with Crippen molar-refractivity contribution in [2.45, 2.75) is 78.4 Å². The monoisotopic (exact) mass is 959 g/mol. The highest BCUT2D eigenvalue weighted by molar-refractivity contribution is 5.92. The van der Waals surface area contributed by atoms with Crippen LogP contribution < -0.4 is 30.2 Å². The van der Waals surface area contributed by atoms with Crippen molar-refractivity contribution in [2.24, 2.45) is 11.8 Å². The molecule has 6 saturated heterocycles. The zero-order chi connectivity index (χ0) is 48.7. The number of ether oxygens (including phenoxy) is 2. The van der Waals surface area contributed by atoms with Crippen molar-refractivity contribution in [1.29, 1.82) is 0 Å². The molecule has 4 aromatic rings. The van der Waals surface area contributed by atoms with Gasteiger partial charge in [0, 0.05) is 89.9 Å². The van der Waals surface area contributed by atoms with Gasteiger partial charge in [0.15, 0.2) is 0 Å². The van der Waals surface area contributed by atoms with Gasteiger partial charge in [0.25, 0.3) is 0 Å². The van der Waals surface area contributed by atoms with E-state index in [9.17, 15) is 19.8 Å². The minimum absolute atomic E-state index is 0.0220. The number of nitrogens with one attached hydrogen (secondary N) is 2. The maximum atomic E-state index is 12.9. The number of aryl methyl sites for hydroxylation is 2. The molecular formula is C54H74N10O6. The SMILES string of the molecule is CC[C@@H]1CCN(C(=O)Nc2ccc(C)c(-c3cc(N4CCOCC4)nc(N4CC[C@H](O)C4)c3)c2)C1.CC[C@H]1CCN(C(=O)Nc2ccc(C)c(-c3cc(N4CCOCC4)nc(N4CC[C@H](O)C4)c3)c2)C1. The molecule has 0 unspecified atom stereocenters. The molecule has 6 aliphatic rings. The summed E-state index contributed by atoms with van der Waals surface area (Å²) in [5.74, 6) is 4.84. The van der Waals surface area contributed by atoms with Crippen molar-refractivity contribution in [3.8, 4) is 22.3 Å². The molecule has 6 fully saturated rings. The van der Waals surface area contributed by atoms with Crippen molar-refractivity contribution in [2.75, 3.05) is 135 Å². The first-order valence-corrected chi connectivity index (χ1v) is 25.9. The average Bonchev–Trinajstić information content (AvgIpc) is 4.24. The lowest BCUT2D eigenvalue weighted by molar-refractivity contribution is 0.122. The predicted molar refractivity (Wildman–Crippen MR) is 279 cm³/mol. The molecule has 2 aromatic carbocycles. The Bertz CT molecular complexity index is 2230. The standard InChI is InChI=1S/2C27H37N5O3/c2*1-3-20-6-8-32(17-20)27(34)28-22-5-4-19(2)24(16-22)21-14-25(30-10-12-35-13-11-30)29-26(15-21)31-9-7-23(33)18-31/h2*4-5,14-16,20,23,33H,3,6-13,17-18H2,1-2H3,(H,28,34)/t20-,23+;20-,23-/m10/s1. The summed E-state index contributed by atoms with van der Waals surface area (Å²) in [6.45, 7) is 20.7. The highest BCUT2D eigenvalue weighted by Gasteiger charge is 2.29. The second kappa shape index (κ2) is 22.6. The zero-order valence-electron chi connectivity index (χ0n) is 41.7. The number of pyridine rings is 2. The smallest absolute Gasteiger partial charge is 0.321 e. The third kappa shape index (κ3) is 11.9. The second-order valence-corrected chi connectivity index (χ2v) is 20.1. The van der Waals surface area contributed by atoms with E-state index in [1.807, 2.05) is 21.9 Å². The molecule has 70 heavy (non-hydrogen) atoms. The minimum Gasteiger partial charge on any atom is -0.391 e. The van der Waals surface area contributed by atoms with Crippen LogP contribution in [0.3, 0.4) is 0 Å². The maximum Gasteiger partial charge on any atom is 0.321 e. The minimum atomic E-state index is -0.314. The molecule has 16 heteroatoms. The lowest BCUT2D eigenvalue weighted by atomic mass is 10.00. The highest BCUT2D eigenvalue weighted by Crippen LogP contribution is 2.36. The number of hydrogen-bond donors (Lipinski definition) is 4. The van der Waals surface area contributed by atoms with Gasteiger partial charge < -0.3 is 59.7 Å². The second-order valence-electron chi connectivity index (χ2n) is 20.1. The molecule has 6 aliphatic heterocycles. The van der Waals surface area contributed by atoms with Crippen LogP contribution in [0.4, 0.5) is 44.2 Å². The van der Waals surface area contributed by atoms with Crippen LogP contribution in [0.25, 0.3) is 22.3 Å². The van der Waals surface area contributed by atoms with E-state index in [4.69, 9.17) is 19.4 Å². The van der Waals surface area contributed by atoms with Crippen molar-refractivity contribution in [3.63, 3.8) is 0 Å². The van der Waals surface area contributed by atoms with Crippen molar-refractivity contribution >= 4 is 46.7 Å². The zero-order valence-corrected chi connectivity index (χ0v) is 41.7. The molecule has 0 saturated carbocycles. The molecule has 2 aromatic heterocycles. The van der Waals surface area contributed by atoms with E-state index < -0.39 is 0 Å². The lowest BCUT2D eigenvalue weighted by Crippen LogP contribution is -2.37. The third-order valence-corrected chi connectivity index (χ3v) is 15.1. The molecule has 0 radical (unpaired) electrons. The molecule has 0 bridgehead atoms. The summed E-state index contributed by atoms with van der Waals surface area (Å²) in [6.07, 6.45) is 5.28. The van der Waals surface area contributed by atoms with Gasteiger partial charge >= 0.3 is 12.1 Å². The van der Waals surface area contributed by atoms with Crippen molar-refractivity contribution in [1.82, 2.24) is 19.8 Å². The molecule has 0 aliphatic carbocycles. The number of β-amino-alcohol motifs (C(OH)–C–C–N with tert-alkyl or cyclic N) is 2. The van der Waals surface area contributed by atoms with E-state index in [1.165, 1.54) is 0 Å². The van der Waals surface area contributed by atoms with E-state index in [0.29, 0.717) is 51.4 Å². The van der Waals surface area contributed by atoms with Crippen molar-refractivity contribution < 1.29 is 29.3 Å². The average molecular weight is 959 g/mol. The van der Waals surface area contributed by atoms with Gasteiger partial charge in [0.1, 0.15) is 23.3 Å². The number of carbonyl (C=O) groups is 2. The highest BCUT2D eigenvalue weighted by atomic mass is 16.5. The van der Waals surface area contributed by atoms with Gasteiger partial charge in [-0.05, 0) is 133 Å². The Morgan fingerprint density at radius 3 is 1.26 bits per heavy atom. The van der Waals surface area contributed by atoms with Crippen LogP contribution in [0, 0.1) is 25.7 Å². The van der Waals surface area contributed by atoms with Crippen LogP contribution >= 0.6 is 0 Å². The summed E-state index contributed by atoms with van der Waals surface area (Å²) in [7, 11) is 0. The summed E-state index contributed by atoms with van der Waals surface area (Å²) in [5, 5.41) is 26.5. The number of amides is 4. The van der Waals surface area contributed by atoms with E-state index in [-0.39, 0.29) is 24.3 Å². The number of anilines is 6. The molecule has 8 heterocycles. The number of aliphatic hydroxyl groups excluding tert-OH is 2. The Hall–Kier alpha value is -5.68. The number of aromatic nitrogens is 2. The van der Waals surface area contributed by atoms with Gasteiger partial charge in [-0.25, -0.2) is 19.6 Å². The number of rotatable bonds is 10. The summed E-state index contributed by atoms with van der Waals surface area (Å²) >= 11 is 0. The molecule has 0 spiro atoms. The number of likely N-dealkylation sites (tertiary alicyclic amines) is 2. The third-order valence-electron chi connectivity index (χ3n) is 15.1. The fourth-order valence-corrected chi connectivity index (χ4v) is 10.6. The molecule has 376 valence electrons. The summed E-state index contributed by atoms with van der Waals surface area (Å²) in [6, 6.07) is 20.7. The number of carbonyl (C=O) groups excluding carboxylic acids is 2.